The number of hydrogen-bond acceptors (Lipinski definition) is 3. The zero-order valence-corrected chi connectivity index (χ0v) is 15.7. The normalized spacial score (nSPS) is 12.5. The number of aliphatic imine (C=N–C) groups is 1. The molecule has 140 valence electrons. The first-order chi connectivity index (χ1) is 12.6. The predicted molar refractivity (Wildman–Crippen MR) is 105 cm³/mol. The molecule has 3 N–H and O–H groups in total. The molecule has 1 atom stereocenters. The van der Waals surface area contributed by atoms with Crippen molar-refractivity contribution in [3.63, 3.8) is 0 Å². The summed E-state index contributed by atoms with van der Waals surface area (Å²) in [5, 5.41) is 9.26. The SMILES string of the molecule is CCNC(=NCC(C)c1cccc(C)c1)NCCNC(=O)c1ccco1. The average molecular weight is 356 g/mol. The molecule has 6 heteroatoms. The minimum atomic E-state index is -0.216. The third kappa shape index (κ3) is 6.27. The molecule has 0 spiro atoms. The second-order valence-electron chi connectivity index (χ2n) is 6.19. The Balaban J connectivity index is 1.79. The molecule has 1 aromatic heterocycles. The van der Waals surface area contributed by atoms with Crippen molar-refractivity contribution >= 4 is 11.9 Å². The maximum Gasteiger partial charge on any atom is 0.287 e. The van der Waals surface area contributed by atoms with E-state index in [0.717, 1.165) is 12.5 Å². The van der Waals surface area contributed by atoms with Crippen molar-refractivity contribution in [2.45, 2.75) is 26.7 Å². The molecular formula is C20H28N4O2. The van der Waals surface area contributed by atoms with E-state index in [1.807, 2.05) is 6.92 Å². The van der Waals surface area contributed by atoms with Crippen LogP contribution in [-0.2, 0) is 0 Å². The van der Waals surface area contributed by atoms with Gasteiger partial charge >= 0.3 is 0 Å². The van der Waals surface area contributed by atoms with Gasteiger partial charge in [-0.1, -0.05) is 36.8 Å². The van der Waals surface area contributed by atoms with E-state index in [1.165, 1.54) is 17.4 Å². The average Bonchev–Trinajstić information content (AvgIpc) is 3.17. The Hall–Kier alpha value is -2.76. The highest BCUT2D eigenvalue weighted by Crippen LogP contribution is 2.16. The number of carbonyl (C=O) groups is 1. The van der Waals surface area contributed by atoms with E-state index in [2.05, 4.69) is 59.1 Å². The van der Waals surface area contributed by atoms with E-state index in [0.29, 0.717) is 31.3 Å². The molecule has 0 aliphatic carbocycles. The zero-order valence-electron chi connectivity index (χ0n) is 15.7. The molecule has 1 amide bonds. The Kier molecular flexibility index (Phi) is 7.74. The molecule has 0 bridgehead atoms. The lowest BCUT2D eigenvalue weighted by molar-refractivity contribution is 0.0926. The highest BCUT2D eigenvalue weighted by atomic mass is 16.3. The first kappa shape index (κ1) is 19.6. The summed E-state index contributed by atoms with van der Waals surface area (Å²) < 4.78 is 5.06. The molecule has 0 radical (unpaired) electrons. The predicted octanol–water partition coefficient (Wildman–Crippen LogP) is 2.68. The van der Waals surface area contributed by atoms with Gasteiger partial charge in [-0.25, -0.2) is 0 Å². The van der Waals surface area contributed by atoms with E-state index < -0.39 is 0 Å². The first-order valence-corrected chi connectivity index (χ1v) is 9.00. The van der Waals surface area contributed by atoms with Crippen LogP contribution in [0.25, 0.3) is 0 Å². The van der Waals surface area contributed by atoms with Crippen molar-refractivity contribution in [3.05, 3.63) is 59.5 Å². The molecule has 0 saturated heterocycles. The molecule has 1 unspecified atom stereocenters. The number of furan rings is 1. The number of aryl methyl sites for hydroxylation is 1. The fourth-order valence-electron chi connectivity index (χ4n) is 2.50. The van der Waals surface area contributed by atoms with E-state index in [-0.39, 0.29) is 5.91 Å². The number of carbonyl (C=O) groups excluding carboxylic acids is 1. The summed E-state index contributed by atoms with van der Waals surface area (Å²) in [7, 11) is 0. The maximum absolute atomic E-state index is 11.8. The zero-order chi connectivity index (χ0) is 18.8. The van der Waals surface area contributed by atoms with E-state index in [1.54, 1.807) is 12.1 Å². The highest BCUT2D eigenvalue weighted by molar-refractivity contribution is 5.91. The Morgan fingerprint density at radius 2 is 1.96 bits per heavy atom. The quantitative estimate of drug-likeness (QED) is 0.386. The van der Waals surface area contributed by atoms with Gasteiger partial charge in [0, 0.05) is 32.1 Å². The van der Waals surface area contributed by atoms with E-state index in [9.17, 15) is 4.79 Å². The Labute approximate surface area is 155 Å². The fourth-order valence-corrected chi connectivity index (χ4v) is 2.50. The van der Waals surface area contributed by atoms with Crippen LogP contribution in [0.15, 0.2) is 52.1 Å². The smallest absolute Gasteiger partial charge is 0.287 e. The van der Waals surface area contributed by atoms with Crippen molar-refractivity contribution in [1.29, 1.82) is 0 Å². The van der Waals surface area contributed by atoms with Gasteiger partial charge in [-0.05, 0) is 31.5 Å². The van der Waals surface area contributed by atoms with Crippen molar-refractivity contribution in [2.75, 3.05) is 26.2 Å². The number of amides is 1. The number of nitrogens with one attached hydrogen (secondary N) is 3. The van der Waals surface area contributed by atoms with Crippen molar-refractivity contribution in [3.8, 4) is 0 Å². The number of benzene rings is 1. The summed E-state index contributed by atoms with van der Waals surface area (Å²) in [6.07, 6.45) is 1.48. The van der Waals surface area contributed by atoms with Crippen molar-refractivity contribution < 1.29 is 9.21 Å². The maximum atomic E-state index is 11.8. The summed E-state index contributed by atoms with van der Waals surface area (Å²) in [6.45, 7) is 8.84. The monoisotopic (exact) mass is 356 g/mol. The van der Waals surface area contributed by atoms with Gasteiger partial charge in [-0.15, -0.1) is 0 Å². The Morgan fingerprint density at radius 3 is 2.65 bits per heavy atom. The fraction of sp³-hybridized carbons (Fsp3) is 0.400. The molecular weight excluding hydrogens is 328 g/mol. The number of hydrogen-bond donors (Lipinski definition) is 3. The van der Waals surface area contributed by atoms with Crippen LogP contribution in [0.3, 0.4) is 0 Å². The van der Waals surface area contributed by atoms with Gasteiger partial charge in [0.15, 0.2) is 11.7 Å². The summed E-state index contributed by atoms with van der Waals surface area (Å²) in [5.41, 5.74) is 2.55. The van der Waals surface area contributed by atoms with Crippen LogP contribution in [0.1, 0.15) is 41.4 Å². The summed E-state index contributed by atoms with van der Waals surface area (Å²) in [6, 6.07) is 11.8. The Bertz CT molecular complexity index is 710. The van der Waals surface area contributed by atoms with E-state index >= 15 is 0 Å². The van der Waals surface area contributed by atoms with Gasteiger partial charge in [-0.3, -0.25) is 9.79 Å². The second kappa shape index (κ2) is 10.3. The van der Waals surface area contributed by atoms with Crippen LogP contribution in [0.2, 0.25) is 0 Å². The summed E-state index contributed by atoms with van der Waals surface area (Å²) in [5.74, 6) is 1.19. The van der Waals surface area contributed by atoms with Gasteiger partial charge in [0.1, 0.15) is 0 Å². The van der Waals surface area contributed by atoms with Crippen LogP contribution < -0.4 is 16.0 Å². The van der Waals surface area contributed by atoms with Crippen LogP contribution in [0.4, 0.5) is 0 Å². The third-order valence-electron chi connectivity index (χ3n) is 3.93. The standard InChI is InChI=1S/C20H28N4O2/c1-4-21-20(23-11-10-22-19(25)18-9-6-12-26-18)24-14-16(3)17-8-5-7-15(2)13-17/h5-9,12-13,16H,4,10-11,14H2,1-3H3,(H,22,25)(H2,21,23,24). The number of rotatable bonds is 8. The van der Waals surface area contributed by atoms with Gasteiger partial charge in [0.2, 0.25) is 0 Å². The van der Waals surface area contributed by atoms with Crippen LogP contribution in [-0.4, -0.2) is 38.0 Å². The molecule has 0 saturated carbocycles. The molecule has 6 nitrogen and oxygen atoms in total. The summed E-state index contributed by atoms with van der Waals surface area (Å²) in [4.78, 5) is 16.4. The molecule has 2 rings (SSSR count). The van der Waals surface area contributed by atoms with Crippen LogP contribution in [0.5, 0.6) is 0 Å². The largest absolute Gasteiger partial charge is 0.459 e. The van der Waals surface area contributed by atoms with Gasteiger partial charge in [0.25, 0.3) is 5.91 Å². The summed E-state index contributed by atoms with van der Waals surface area (Å²) >= 11 is 0. The number of nitrogens with zero attached hydrogens (tertiary/aromatic N) is 1. The lowest BCUT2D eigenvalue weighted by Crippen LogP contribution is -2.41. The molecule has 2 aromatic rings. The third-order valence-corrected chi connectivity index (χ3v) is 3.93. The van der Waals surface area contributed by atoms with Crippen LogP contribution >= 0.6 is 0 Å². The minimum absolute atomic E-state index is 0.216. The lowest BCUT2D eigenvalue weighted by atomic mass is 10.00. The highest BCUT2D eigenvalue weighted by Gasteiger charge is 2.08. The number of guanidine groups is 1. The van der Waals surface area contributed by atoms with Gasteiger partial charge in [-0.2, -0.15) is 0 Å². The van der Waals surface area contributed by atoms with Crippen molar-refractivity contribution in [1.82, 2.24) is 16.0 Å². The topological polar surface area (TPSA) is 78.7 Å². The van der Waals surface area contributed by atoms with Crippen LogP contribution in [0, 0.1) is 6.92 Å². The first-order valence-electron chi connectivity index (χ1n) is 9.00. The molecule has 0 aliphatic heterocycles. The molecule has 26 heavy (non-hydrogen) atoms. The molecule has 1 aromatic carbocycles. The second-order valence-corrected chi connectivity index (χ2v) is 6.19. The minimum Gasteiger partial charge on any atom is -0.459 e. The Morgan fingerprint density at radius 1 is 1.15 bits per heavy atom. The van der Waals surface area contributed by atoms with Gasteiger partial charge in [0.05, 0.1) is 6.26 Å². The van der Waals surface area contributed by atoms with Crippen molar-refractivity contribution in [2.24, 2.45) is 4.99 Å². The van der Waals surface area contributed by atoms with E-state index in [4.69, 9.17) is 4.42 Å². The van der Waals surface area contributed by atoms with Gasteiger partial charge < -0.3 is 20.4 Å². The molecule has 0 aliphatic rings. The molecule has 0 fully saturated rings. The lowest BCUT2D eigenvalue weighted by Gasteiger charge is -2.14. The molecule has 1 heterocycles.